The zero-order chi connectivity index (χ0) is 16.5. The van der Waals surface area contributed by atoms with E-state index in [1.54, 1.807) is 0 Å². The van der Waals surface area contributed by atoms with Gasteiger partial charge in [0.05, 0.1) is 6.04 Å². The molecule has 0 radical (unpaired) electrons. The van der Waals surface area contributed by atoms with Gasteiger partial charge in [0.25, 0.3) is 0 Å². The number of urea groups is 1. The van der Waals surface area contributed by atoms with Gasteiger partial charge >= 0.3 is 6.03 Å². The third-order valence-corrected chi connectivity index (χ3v) is 4.86. The largest absolute Gasteiger partial charge is 0.327 e. The van der Waals surface area contributed by atoms with E-state index in [0.29, 0.717) is 0 Å². The Balaban J connectivity index is 1.61. The van der Waals surface area contributed by atoms with E-state index in [9.17, 15) is 4.79 Å². The van der Waals surface area contributed by atoms with Gasteiger partial charge in [-0.2, -0.15) is 0 Å². The summed E-state index contributed by atoms with van der Waals surface area (Å²) in [6.07, 6.45) is 0. The first kappa shape index (κ1) is 15.2. The third kappa shape index (κ3) is 2.78. The van der Waals surface area contributed by atoms with Gasteiger partial charge in [0, 0.05) is 9.26 Å². The monoisotopic (exact) mass is 426 g/mol. The molecule has 1 aliphatic rings. The van der Waals surface area contributed by atoms with Gasteiger partial charge in [-0.3, -0.25) is 0 Å². The lowest BCUT2D eigenvalue weighted by molar-refractivity contribution is 0.250. The van der Waals surface area contributed by atoms with Crippen molar-refractivity contribution in [1.29, 1.82) is 0 Å². The Morgan fingerprint density at radius 3 is 2.08 bits per heavy atom. The summed E-state index contributed by atoms with van der Waals surface area (Å²) < 4.78 is 1.09. The Bertz CT molecular complexity index is 877. The molecule has 2 amide bonds. The zero-order valence-corrected chi connectivity index (χ0v) is 14.9. The molecular weight excluding hydrogens is 411 g/mol. The molecular formula is C20H15IN2O. The highest BCUT2D eigenvalue weighted by atomic mass is 127. The number of carbonyl (C=O) groups excluding carboxylic acids is 1. The average Bonchev–Trinajstić information content (AvgIpc) is 2.90. The van der Waals surface area contributed by atoms with E-state index in [2.05, 4.69) is 57.5 Å². The van der Waals surface area contributed by atoms with E-state index in [-0.39, 0.29) is 12.1 Å². The molecule has 3 nitrogen and oxygen atoms in total. The second-order valence-electron chi connectivity index (χ2n) is 5.72. The first-order valence-corrected chi connectivity index (χ1v) is 8.81. The molecule has 0 heterocycles. The van der Waals surface area contributed by atoms with Crippen LogP contribution in [-0.4, -0.2) is 6.03 Å². The highest BCUT2D eigenvalue weighted by molar-refractivity contribution is 14.1. The second-order valence-corrected chi connectivity index (χ2v) is 6.96. The van der Waals surface area contributed by atoms with Crippen LogP contribution in [0.1, 0.15) is 17.2 Å². The van der Waals surface area contributed by atoms with Crippen molar-refractivity contribution >= 4 is 34.3 Å². The van der Waals surface area contributed by atoms with Gasteiger partial charge in [-0.1, -0.05) is 54.6 Å². The molecule has 0 bridgehead atoms. The predicted octanol–water partition coefficient (Wildman–Crippen LogP) is 5.18. The molecule has 1 aliphatic carbocycles. The molecule has 0 aliphatic heterocycles. The summed E-state index contributed by atoms with van der Waals surface area (Å²) >= 11 is 2.23. The molecule has 0 fully saturated rings. The number of fused-ring (bicyclic) bond motifs is 3. The quantitative estimate of drug-likeness (QED) is 0.545. The molecule has 0 aromatic heterocycles. The van der Waals surface area contributed by atoms with Crippen LogP contribution in [0, 0.1) is 3.57 Å². The normalized spacial score (nSPS) is 12.4. The van der Waals surface area contributed by atoms with E-state index in [1.807, 2.05) is 48.5 Å². The van der Waals surface area contributed by atoms with E-state index in [1.165, 1.54) is 11.1 Å². The Kier molecular flexibility index (Phi) is 3.98. The van der Waals surface area contributed by atoms with E-state index < -0.39 is 0 Å². The number of amides is 2. The van der Waals surface area contributed by atoms with Crippen molar-refractivity contribution in [2.75, 3.05) is 5.32 Å². The first-order chi connectivity index (χ1) is 11.7. The van der Waals surface area contributed by atoms with Crippen LogP contribution in [0.4, 0.5) is 10.5 Å². The van der Waals surface area contributed by atoms with E-state index in [0.717, 1.165) is 20.4 Å². The lowest BCUT2D eigenvalue weighted by Gasteiger charge is -2.16. The Hall–Kier alpha value is -2.34. The van der Waals surface area contributed by atoms with Gasteiger partial charge < -0.3 is 10.6 Å². The number of halogens is 1. The van der Waals surface area contributed by atoms with Crippen molar-refractivity contribution in [1.82, 2.24) is 5.32 Å². The number of rotatable bonds is 2. The Morgan fingerprint density at radius 1 is 0.833 bits per heavy atom. The summed E-state index contributed by atoms with van der Waals surface area (Å²) in [4.78, 5) is 12.5. The number of benzene rings is 3. The molecule has 24 heavy (non-hydrogen) atoms. The summed E-state index contributed by atoms with van der Waals surface area (Å²) in [5.41, 5.74) is 5.44. The maximum Gasteiger partial charge on any atom is 0.319 e. The van der Waals surface area contributed by atoms with Crippen LogP contribution in [0.2, 0.25) is 0 Å². The van der Waals surface area contributed by atoms with E-state index >= 15 is 0 Å². The predicted molar refractivity (Wildman–Crippen MR) is 105 cm³/mol. The minimum atomic E-state index is -0.200. The molecule has 4 rings (SSSR count). The first-order valence-electron chi connectivity index (χ1n) is 7.74. The number of anilines is 1. The van der Waals surface area contributed by atoms with Crippen LogP contribution in [-0.2, 0) is 0 Å². The van der Waals surface area contributed by atoms with Crippen LogP contribution in [0.25, 0.3) is 11.1 Å². The lowest BCUT2D eigenvalue weighted by atomic mass is 10.1. The highest BCUT2D eigenvalue weighted by Crippen LogP contribution is 2.42. The second kappa shape index (κ2) is 6.28. The molecule has 118 valence electrons. The minimum Gasteiger partial charge on any atom is -0.327 e. The van der Waals surface area contributed by atoms with Crippen molar-refractivity contribution in [2.24, 2.45) is 0 Å². The topological polar surface area (TPSA) is 41.1 Å². The fourth-order valence-corrected chi connectivity index (χ4v) is 3.72. The number of nitrogens with one attached hydrogen (secondary N) is 2. The summed E-state index contributed by atoms with van der Waals surface area (Å²) in [7, 11) is 0. The number of hydrogen-bond acceptors (Lipinski definition) is 1. The molecule has 0 atom stereocenters. The van der Waals surface area contributed by atoms with Crippen LogP contribution in [0.5, 0.6) is 0 Å². The third-order valence-electron chi connectivity index (χ3n) is 4.19. The molecule has 0 saturated heterocycles. The van der Waals surface area contributed by atoms with Crippen LogP contribution >= 0.6 is 22.6 Å². The standard InChI is InChI=1S/C20H15IN2O/c21-13-6-5-7-14(12-13)22-20(24)23-19-17-10-3-1-8-15(17)16-9-2-4-11-18(16)19/h1-12,19H,(H2,22,23,24). The summed E-state index contributed by atoms with van der Waals surface area (Å²) in [6.45, 7) is 0. The fraction of sp³-hybridized carbons (Fsp3) is 0.0500. The van der Waals surface area contributed by atoms with E-state index in [4.69, 9.17) is 0 Å². The van der Waals surface area contributed by atoms with Crippen molar-refractivity contribution in [2.45, 2.75) is 6.04 Å². The van der Waals surface area contributed by atoms with Gasteiger partial charge in [0.2, 0.25) is 0 Å². The molecule has 0 unspecified atom stereocenters. The van der Waals surface area contributed by atoms with Crippen LogP contribution < -0.4 is 10.6 Å². The van der Waals surface area contributed by atoms with Gasteiger partial charge in [-0.25, -0.2) is 4.79 Å². The van der Waals surface area contributed by atoms with Gasteiger partial charge in [0.1, 0.15) is 0 Å². The maximum atomic E-state index is 12.5. The fourth-order valence-electron chi connectivity index (χ4n) is 3.18. The number of hydrogen-bond donors (Lipinski definition) is 2. The molecule has 4 heteroatoms. The summed E-state index contributed by atoms with van der Waals surface area (Å²) in [5.74, 6) is 0. The molecule has 2 N–H and O–H groups in total. The zero-order valence-electron chi connectivity index (χ0n) is 12.8. The average molecular weight is 426 g/mol. The maximum absolute atomic E-state index is 12.5. The van der Waals surface area contributed by atoms with Gasteiger partial charge in [-0.15, -0.1) is 0 Å². The van der Waals surface area contributed by atoms with Crippen LogP contribution in [0.15, 0.2) is 72.8 Å². The molecule has 0 spiro atoms. The minimum absolute atomic E-state index is 0.125. The lowest BCUT2D eigenvalue weighted by Crippen LogP contribution is -2.32. The van der Waals surface area contributed by atoms with Crippen molar-refractivity contribution in [3.8, 4) is 11.1 Å². The summed E-state index contributed by atoms with van der Waals surface area (Å²) in [6, 6.07) is 23.9. The molecule has 3 aromatic carbocycles. The van der Waals surface area contributed by atoms with Crippen LogP contribution in [0.3, 0.4) is 0 Å². The smallest absolute Gasteiger partial charge is 0.319 e. The molecule has 3 aromatic rings. The van der Waals surface area contributed by atoms with Gasteiger partial charge in [-0.05, 0) is 63.0 Å². The molecule has 0 saturated carbocycles. The van der Waals surface area contributed by atoms with Crippen molar-refractivity contribution < 1.29 is 4.79 Å². The number of carbonyl (C=O) groups is 1. The Morgan fingerprint density at radius 2 is 1.46 bits per heavy atom. The Labute approximate surface area is 154 Å². The van der Waals surface area contributed by atoms with Crippen molar-refractivity contribution in [3.05, 3.63) is 87.5 Å². The van der Waals surface area contributed by atoms with Crippen molar-refractivity contribution in [3.63, 3.8) is 0 Å². The van der Waals surface area contributed by atoms with Gasteiger partial charge in [0.15, 0.2) is 0 Å². The highest BCUT2D eigenvalue weighted by Gasteiger charge is 2.29. The summed E-state index contributed by atoms with van der Waals surface area (Å²) in [5, 5.41) is 6.02. The SMILES string of the molecule is O=C(Nc1cccc(I)c1)NC1c2ccccc2-c2ccccc21.